The van der Waals surface area contributed by atoms with E-state index in [1.54, 1.807) is 46.4 Å². The van der Waals surface area contributed by atoms with Crippen molar-refractivity contribution >= 4 is 29.8 Å². The number of amides is 3. The molecule has 0 fully saturated rings. The summed E-state index contributed by atoms with van der Waals surface area (Å²) in [6.07, 6.45) is 3.47. The van der Waals surface area contributed by atoms with Crippen LogP contribution in [0.4, 0.5) is 9.59 Å². The van der Waals surface area contributed by atoms with Crippen molar-refractivity contribution in [2.75, 3.05) is 45.8 Å². The molecule has 0 heterocycles. The smallest absolute Gasteiger partial charge is 0.410 e. The first-order valence-corrected chi connectivity index (χ1v) is 15.2. The molecule has 250 valence electrons. The maximum atomic E-state index is 12.7. The summed E-state index contributed by atoms with van der Waals surface area (Å²) in [4.78, 5) is 54.2. The number of carbonyl (C=O) groups is 4. The first-order chi connectivity index (χ1) is 20.0. The molecule has 0 aliphatic rings. The lowest BCUT2D eigenvalue weighted by molar-refractivity contribution is -0.126. The number of hydrogen-bond acceptors (Lipinski definition) is 9. The maximum Gasteiger partial charge on any atom is 0.410 e. The van der Waals surface area contributed by atoms with Gasteiger partial charge in [0.05, 0.1) is 13.1 Å². The molecule has 1 atom stereocenters. The van der Waals surface area contributed by atoms with Crippen LogP contribution in [0.25, 0.3) is 0 Å². The topological polar surface area (TPSA) is 211 Å². The molecule has 0 radical (unpaired) electrons. The van der Waals surface area contributed by atoms with Gasteiger partial charge < -0.3 is 46.9 Å². The van der Waals surface area contributed by atoms with Crippen LogP contribution < -0.4 is 27.4 Å². The van der Waals surface area contributed by atoms with Crippen LogP contribution in [0.5, 0.6) is 0 Å². The quantitative estimate of drug-likeness (QED) is 0.0626. The number of aliphatic hydroxyl groups excluding tert-OH is 1. The highest BCUT2D eigenvalue weighted by molar-refractivity contribution is 5.85. The van der Waals surface area contributed by atoms with Crippen LogP contribution in [0.2, 0.25) is 0 Å². The van der Waals surface area contributed by atoms with Crippen molar-refractivity contribution in [2.24, 2.45) is 16.5 Å². The van der Waals surface area contributed by atoms with Gasteiger partial charge in [0.2, 0.25) is 5.91 Å². The number of unbranched alkanes of at least 4 members (excludes halogenated alkanes) is 4. The van der Waals surface area contributed by atoms with Gasteiger partial charge in [0.15, 0.2) is 11.7 Å². The second kappa shape index (κ2) is 21.5. The minimum Gasteiger partial charge on any atom is -0.444 e. The first kappa shape index (κ1) is 39.9. The third-order valence-electron chi connectivity index (χ3n) is 5.74. The molecule has 0 aliphatic heterocycles. The SMILES string of the molecule is CC(C)(C)OC(=O)NCCCN(CCCCNC(=O)CNCC(=O)C(O)CCCCCCN=C(N)N)C(=O)OC(C)(C)C. The monoisotopic (exact) mass is 615 g/mol. The lowest BCUT2D eigenvalue weighted by Crippen LogP contribution is -2.40. The molecule has 0 aliphatic carbocycles. The average Bonchev–Trinajstić information content (AvgIpc) is 2.86. The Labute approximate surface area is 257 Å². The molecule has 3 amide bonds. The van der Waals surface area contributed by atoms with E-state index in [4.69, 9.17) is 20.9 Å². The van der Waals surface area contributed by atoms with Crippen molar-refractivity contribution in [3.8, 4) is 0 Å². The predicted octanol–water partition coefficient (Wildman–Crippen LogP) is 1.78. The van der Waals surface area contributed by atoms with E-state index < -0.39 is 29.5 Å². The molecule has 14 nitrogen and oxygen atoms in total. The number of nitrogens with two attached hydrogens (primary N) is 2. The molecule has 0 saturated heterocycles. The van der Waals surface area contributed by atoms with Crippen LogP contribution in [0.3, 0.4) is 0 Å². The number of aliphatic imine (C=N–C) groups is 1. The van der Waals surface area contributed by atoms with Crippen molar-refractivity contribution in [3.05, 3.63) is 0 Å². The fraction of sp³-hybridized carbons (Fsp3) is 0.828. The Hall–Kier alpha value is -3.13. The Bertz CT molecular complexity index is 866. The van der Waals surface area contributed by atoms with Crippen molar-refractivity contribution in [1.82, 2.24) is 20.9 Å². The minimum absolute atomic E-state index is 0.0437. The number of alkyl carbamates (subject to hydrolysis) is 1. The van der Waals surface area contributed by atoms with Crippen molar-refractivity contribution in [3.63, 3.8) is 0 Å². The average molecular weight is 616 g/mol. The van der Waals surface area contributed by atoms with Gasteiger partial charge >= 0.3 is 12.2 Å². The summed E-state index contributed by atoms with van der Waals surface area (Å²) in [6, 6.07) is 0. The van der Waals surface area contributed by atoms with Crippen molar-refractivity contribution in [1.29, 1.82) is 0 Å². The lowest BCUT2D eigenvalue weighted by Gasteiger charge is -2.27. The molecular formula is C29H57N7O7. The van der Waals surface area contributed by atoms with Crippen LogP contribution in [0, 0.1) is 0 Å². The number of nitrogens with zero attached hydrogens (tertiary/aromatic N) is 2. The molecule has 14 heteroatoms. The fourth-order valence-corrected chi connectivity index (χ4v) is 3.70. The summed E-state index contributed by atoms with van der Waals surface area (Å²) in [5.41, 5.74) is 9.31. The number of rotatable bonds is 21. The number of Topliss-reactive ketones (excluding diaryl/α,β-unsaturated/α-hetero) is 1. The van der Waals surface area contributed by atoms with E-state index in [9.17, 15) is 24.3 Å². The zero-order chi connectivity index (χ0) is 32.9. The number of guanidine groups is 1. The zero-order valence-electron chi connectivity index (χ0n) is 27.1. The third kappa shape index (κ3) is 25.1. The van der Waals surface area contributed by atoms with Gasteiger partial charge in [-0.2, -0.15) is 0 Å². The Morgan fingerprint density at radius 2 is 1.40 bits per heavy atom. The first-order valence-electron chi connectivity index (χ1n) is 15.2. The van der Waals surface area contributed by atoms with E-state index in [2.05, 4.69) is 20.9 Å². The van der Waals surface area contributed by atoms with Gasteiger partial charge in [-0.25, -0.2) is 9.59 Å². The predicted molar refractivity (Wildman–Crippen MR) is 167 cm³/mol. The number of ketones is 1. The van der Waals surface area contributed by atoms with E-state index in [1.165, 1.54) is 0 Å². The minimum atomic E-state index is -1.06. The highest BCUT2D eigenvalue weighted by Gasteiger charge is 2.22. The van der Waals surface area contributed by atoms with Crippen LogP contribution in [-0.4, -0.2) is 103 Å². The van der Waals surface area contributed by atoms with E-state index in [1.807, 2.05) is 0 Å². The number of hydrogen-bond donors (Lipinski definition) is 6. The zero-order valence-corrected chi connectivity index (χ0v) is 27.1. The molecule has 0 spiro atoms. The normalized spacial score (nSPS) is 12.2. The second-order valence-corrected chi connectivity index (χ2v) is 12.4. The summed E-state index contributed by atoms with van der Waals surface area (Å²) in [6.45, 7) is 12.8. The fourth-order valence-electron chi connectivity index (χ4n) is 3.70. The summed E-state index contributed by atoms with van der Waals surface area (Å²) in [5.74, 6) is -0.541. The Balaban J connectivity index is 4.23. The van der Waals surface area contributed by atoms with Crippen LogP contribution in [-0.2, 0) is 19.1 Å². The molecule has 43 heavy (non-hydrogen) atoms. The lowest BCUT2D eigenvalue weighted by atomic mass is 10.1. The number of aliphatic hydroxyl groups is 1. The van der Waals surface area contributed by atoms with Gasteiger partial charge in [0.1, 0.15) is 17.3 Å². The van der Waals surface area contributed by atoms with E-state index >= 15 is 0 Å². The van der Waals surface area contributed by atoms with Gasteiger partial charge in [-0.1, -0.05) is 19.3 Å². The van der Waals surface area contributed by atoms with E-state index in [-0.39, 0.29) is 30.7 Å². The highest BCUT2D eigenvalue weighted by Crippen LogP contribution is 2.11. The summed E-state index contributed by atoms with van der Waals surface area (Å²) < 4.78 is 10.7. The second-order valence-electron chi connectivity index (χ2n) is 12.4. The molecule has 0 rings (SSSR count). The largest absolute Gasteiger partial charge is 0.444 e. The number of nitrogens with one attached hydrogen (secondary N) is 3. The molecule has 0 saturated carbocycles. The third-order valence-corrected chi connectivity index (χ3v) is 5.74. The van der Waals surface area contributed by atoms with Gasteiger partial charge in [0.25, 0.3) is 0 Å². The molecule has 0 aromatic heterocycles. The highest BCUT2D eigenvalue weighted by atomic mass is 16.6. The number of carbonyl (C=O) groups excluding carboxylic acids is 4. The van der Waals surface area contributed by atoms with Gasteiger partial charge in [-0.15, -0.1) is 0 Å². The molecule has 0 bridgehead atoms. The number of ether oxygens (including phenoxy) is 2. The van der Waals surface area contributed by atoms with Crippen molar-refractivity contribution < 1.29 is 33.8 Å². The van der Waals surface area contributed by atoms with Crippen LogP contribution >= 0.6 is 0 Å². The Morgan fingerprint density at radius 1 is 0.791 bits per heavy atom. The molecule has 1 unspecified atom stereocenters. The summed E-state index contributed by atoms with van der Waals surface area (Å²) in [7, 11) is 0. The maximum absolute atomic E-state index is 12.7. The van der Waals surface area contributed by atoms with Crippen molar-refractivity contribution in [2.45, 2.75) is 110 Å². The van der Waals surface area contributed by atoms with E-state index in [0.717, 1.165) is 19.3 Å². The van der Waals surface area contributed by atoms with Gasteiger partial charge in [-0.05, 0) is 73.6 Å². The van der Waals surface area contributed by atoms with Crippen LogP contribution in [0.1, 0.15) is 92.9 Å². The summed E-state index contributed by atoms with van der Waals surface area (Å²) >= 11 is 0. The molecular weight excluding hydrogens is 558 g/mol. The molecule has 8 N–H and O–H groups in total. The molecule has 0 aromatic rings. The van der Waals surface area contributed by atoms with Crippen LogP contribution in [0.15, 0.2) is 4.99 Å². The Morgan fingerprint density at radius 3 is 2.02 bits per heavy atom. The summed E-state index contributed by atoms with van der Waals surface area (Å²) in [5, 5.41) is 18.3. The molecule has 0 aromatic carbocycles. The van der Waals surface area contributed by atoms with E-state index in [0.29, 0.717) is 64.8 Å². The van der Waals surface area contributed by atoms with Gasteiger partial charge in [0, 0.05) is 32.7 Å². The Kier molecular flexibility index (Phi) is 20.0. The van der Waals surface area contributed by atoms with Gasteiger partial charge in [-0.3, -0.25) is 14.6 Å². The standard InChI is InChI=1S/C29H57N7O7/c1-28(2,3)42-26(40)35-17-13-19-36(27(41)43-29(4,5)6)18-12-11-15-33-24(39)21-32-20-23(38)22(37)14-9-7-8-10-16-34-25(30)31/h22,32,37H,7-21H2,1-6H3,(H,33,39)(H,35,40)(H4,30,31,34).